The lowest BCUT2D eigenvalue weighted by Gasteiger charge is -2.22. The van der Waals surface area contributed by atoms with Gasteiger partial charge in [0.05, 0.1) is 0 Å². The van der Waals surface area contributed by atoms with Gasteiger partial charge < -0.3 is 15.1 Å². The molecule has 1 N–H and O–H groups in total. The van der Waals surface area contributed by atoms with E-state index < -0.39 is 0 Å². The normalized spacial score (nSPS) is 17.1. The van der Waals surface area contributed by atoms with Crippen LogP contribution in [0.25, 0.3) is 0 Å². The van der Waals surface area contributed by atoms with Gasteiger partial charge in [-0.1, -0.05) is 48.5 Å². The zero-order valence-corrected chi connectivity index (χ0v) is 13.5. The van der Waals surface area contributed by atoms with Gasteiger partial charge in [-0.25, -0.2) is 4.79 Å². The number of anilines is 1. The molecule has 1 unspecified atom stereocenters. The Morgan fingerprint density at radius 3 is 2.48 bits per heavy atom. The molecule has 2 aromatic carbocycles. The van der Waals surface area contributed by atoms with Crippen LogP contribution in [-0.2, 0) is 6.54 Å². The number of urea groups is 1. The van der Waals surface area contributed by atoms with Gasteiger partial charge in [0.15, 0.2) is 0 Å². The van der Waals surface area contributed by atoms with E-state index in [1.807, 2.05) is 43.4 Å². The maximum Gasteiger partial charge on any atom is 0.317 e. The Morgan fingerprint density at radius 1 is 1.13 bits per heavy atom. The van der Waals surface area contributed by atoms with E-state index in [1.165, 1.54) is 5.69 Å². The number of carbonyl (C=O) groups is 1. The summed E-state index contributed by atoms with van der Waals surface area (Å²) in [6.45, 7) is 2.48. The number of hydrogen-bond donors (Lipinski definition) is 1. The van der Waals surface area contributed by atoms with E-state index in [4.69, 9.17) is 0 Å². The first-order valence-electron chi connectivity index (χ1n) is 8.08. The van der Waals surface area contributed by atoms with Crippen molar-refractivity contribution in [3.05, 3.63) is 66.2 Å². The third kappa shape index (κ3) is 4.03. The molecular weight excluding hydrogens is 286 g/mol. The number of benzene rings is 2. The van der Waals surface area contributed by atoms with Gasteiger partial charge in [-0.15, -0.1) is 0 Å². The van der Waals surface area contributed by atoms with Gasteiger partial charge in [-0.05, 0) is 24.1 Å². The second-order valence-corrected chi connectivity index (χ2v) is 6.06. The summed E-state index contributed by atoms with van der Waals surface area (Å²) >= 11 is 0. The summed E-state index contributed by atoms with van der Waals surface area (Å²) in [5, 5.41) is 3.14. The fourth-order valence-electron chi connectivity index (χ4n) is 2.97. The Labute approximate surface area is 137 Å². The molecule has 1 heterocycles. The molecule has 0 spiro atoms. The third-order valence-electron chi connectivity index (χ3n) is 4.25. The first-order valence-corrected chi connectivity index (χ1v) is 8.08. The van der Waals surface area contributed by atoms with Crippen LogP contribution < -0.4 is 10.2 Å². The predicted octanol–water partition coefficient (Wildman–Crippen LogP) is 3.11. The highest BCUT2D eigenvalue weighted by Gasteiger charge is 2.24. The molecule has 1 aliphatic heterocycles. The Hall–Kier alpha value is -2.49. The lowest BCUT2D eigenvalue weighted by molar-refractivity contribution is 0.203. The Kier molecular flexibility index (Phi) is 4.81. The van der Waals surface area contributed by atoms with Gasteiger partial charge in [0.1, 0.15) is 0 Å². The third-order valence-corrected chi connectivity index (χ3v) is 4.25. The molecule has 120 valence electrons. The van der Waals surface area contributed by atoms with Crippen molar-refractivity contribution >= 4 is 11.7 Å². The quantitative estimate of drug-likeness (QED) is 0.942. The molecule has 23 heavy (non-hydrogen) atoms. The van der Waals surface area contributed by atoms with E-state index in [0.717, 1.165) is 25.1 Å². The SMILES string of the molecule is CN(Cc1ccccc1)C(=O)NC1CCN(c2ccccc2)C1. The Morgan fingerprint density at radius 2 is 1.78 bits per heavy atom. The smallest absolute Gasteiger partial charge is 0.317 e. The molecule has 4 nitrogen and oxygen atoms in total. The van der Waals surface area contributed by atoms with Crippen LogP contribution in [-0.4, -0.2) is 37.1 Å². The van der Waals surface area contributed by atoms with Crippen molar-refractivity contribution in [2.45, 2.75) is 19.0 Å². The zero-order valence-electron chi connectivity index (χ0n) is 13.5. The van der Waals surface area contributed by atoms with Gasteiger partial charge in [-0.2, -0.15) is 0 Å². The van der Waals surface area contributed by atoms with Crippen molar-refractivity contribution in [1.82, 2.24) is 10.2 Å². The van der Waals surface area contributed by atoms with Crippen molar-refractivity contribution in [1.29, 1.82) is 0 Å². The highest BCUT2D eigenvalue weighted by atomic mass is 16.2. The van der Waals surface area contributed by atoms with E-state index in [9.17, 15) is 4.79 Å². The molecule has 1 saturated heterocycles. The van der Waals surface area contributed by atoms with E-state index in [0.29, 0.717) is 6.54 Å². The van der Waals surface area contributed by atoms with Crippen LogP contribution in [0.1, 0.15) is 12.0 Å². The molecule has 0 radical (unpaired) electrons. The fraction of sp³-hybridized carbons (Fsp3) is 0.316. The maximum absolute atomic E-state index is 12.3. The summed E-state index contributed by atoms with van der Waals surface area (Å²) in [5.74, 6) is 0. The van der Waals surface area contributed by atoms with Gasteiger partial charge in [0, 0.05) is 38.4 Å². The monoisotopic (exact) mass is 309 g/mol. The van der Waals surface area contributed by atoms with Crippen LogP contribution in [0.2, 0.25) is 0 Å². The number of hydrogen-bond acceptors (Lipinski definition) is 2. The molecule has 0 saturated carbocycles. The molecule has 2 aromatic rings. The van der Waals surface area contributed by atoms with Gasteiger partial charge in [-0.3, -0.25) is 0 Å². The molecule has 1 fully saturated rings. The first-order chi connectivity index (χ1) is 11.2. The summed E-state index contributed by atoms with van der Waals surface area (Å²) < 4.78 is 0. The standard InChI is InChI=1S/C19H23N3O/c1-21(14-16-8-4-2-5-9-16)19(23)20-17-12-13-22(15-17)18-10-6-3-7-11-18/h2-11,17H,12-15H2,1H3,(H,20,23). The van der Waals surface area contributed by atoms with Crippen molar-refractivity contribution in [3.63, 3.8) is 0 Å². The number of rotatable bonds is 4. The lowest BCUT2D eigenvalue weighted by Crippen LogP contribution is -2.43. The van der Waals surface area contributed by atoms with Crippen molar-refractivity contribution in [3.8, 4) is 0 Å². The van der Waals surface area contributed by atoms with Crippen LogP contribution in [0.5, 0.6) is 0 Å². The van der Waals surface area contributed by atoms with Crippen LogP contribution in [0, 0.1) is 0 Å². The van der Waals surface area contributed by atoms with E-state index in [1.54, 1.807) is 4.90 Å². The Balaban J connectivity index is 1.51. The number of nitrogens with one attached hydrogen (secondary N) is 1. The van der Waals surface area contributed by atoms with Crippen LogP contribution in [0.4, 0.5) is 10.5 Å². The maximum atomic E-state index is 12.3. The molecule has 2 amide bonds. The summed E-state index contributed by atoms with van der Waals surface area (Å²) in [6.07, 6.45) is 0.986. The van der Waals surface area contributed by atoms with Crippen molar-refractivity contribution in [2.24, 2.45) is 0 Å². The minimum atomic E-state index is -0.00577. The summed E-state index contributed by atoms with van der Waals surface area (Å²) in [4.78, 5) is 16.4. The lowest BCUT2D eigenvalue weighted by atomic mass is 10.2. The minimum Gasteiger partial charge on any atom is -0.369 e. The number of amides is 2. The summed E-state index contributed by atoms with van der Waals surface area (Å²) in [6, 6.07) is 20.6. The van der Waals surface area contributed by atoms with Crippen molar-refractivity contribution < 1.29 is 4.79 Å². The number of para-hydroxylation sites is 1. The molecule has 0 aliphatic carbocycles. The minimum absolute atomic E-state index is 0.00577. The summed E-state index contributed by atoms with van der Waals surface area (Å²) in [7, 11) is 1.84. The number of nitrogens with zero attached hydrogens (tertiary/aromatic N) is 2. The highest BCUT2D eigenvalue weighted by molar-refractivity contribution is 5.74. The van der Waals surface area contributed by atoms with Crippen LogP contribution in [0.3, 0.4) is 0 Å². The average Bonchev–Trinajstić information content (AvgIpc) is 3.05. The zero-order chi connectivity index (χ0) is 16.1. The molecule has 0 bridgehead atoms. The predicted molar refractivity (Wildman–Crippen MR) is 93.5 cm³/mol. The molecule has 3 rings (SSSR count). The van der Waals surface area contributed by atoms with Gasteiger partial charge >= 0.3 is 6.03 Å². The number of carbonyl (C=O) groups excluding carboxylic acids is 1. The molecule has 0 aromatic heterocycles. The first kappa shape index (κ1) is 15.4. The van der Waals surface area contributed by atoms with Crippen molar-refractivity contribution in [2.75, 3.05) is 25.0 Å². The molecule has 4 heteroatoms. The Bertz CT molecular complexity index is 630. The fourth-order valence-corrected chi connectivity index (χ4v) is 2.97. The molecular formula is C19H23N3O. The second kappa shape index (κ2) is 7.18. The van der Waals surface area contributed by atoms with Gasteiger partial charge in [0.25, 0.3) is 0 Å². The highest BCUT2D eigenvalue weighted by Crippen LogP contribution is 2.19. The largest absolute Gasteiger partial charge is 0.369 e. The molecule has 1 atom stereocenters. The van der Waals surface area contributed by atoms with Gasteiger partial charge in [0.2, 0.25) is 0 Å². The van der Waals surface area contributed by atoms with E-state index in [2.05, 4.69) is 34.5 Å². The summed E-state index contributed by atoms with van der Waals surface area (Å²) in [5.41, 5.74) is 2.37. The van der Waals surface area contributed by atoms with E-state index >= 15 is 0 Å². The van der Waals surface area contributed by atoms with E-state index in [-0.39, 0.29) is 12.1 Å². The van der Waals surface area contributed by atoms with Crippen LogP contribution >= 0.6 is 0 Å². The topological polar surface area (TPSA) is 35.6 Å². The molecule has 1 aliphatic rings. The van der Waals surface area contributed by atoms with Crippen LogP contribution in [0.15, 0.2) is 60.7 Å². The second-order valence-electron chi connectivity index (χ2n) is 6.06. The average molecular weight is 309 g/mol.